The highest BCUT2D eigenvalue weighted by atomic mass is 15.6. The van der Waals surface area contributed by atoms with Crippen LogP contribution in [0.2, 0.25) is 0 Å². The molecule has 0 aliphatic carbocycles. The molecule has 0 bridgehead atoms. The standard InChI is InChI=1S/C9H13N7/c1-15(7-4-5-10-6-7)9-3-2-8-11-13-14-16(8)12-9/h2-3,7,10H,4-6H2,1H3. The minimum Gasteiger partial charge on any atom is -0.354 e. The summed E-state index contributed by atoms with van der Waals surface area (Å²) in [5.74, 6) is 0.897. The molecule has 1 N–H and O–H groups in total. The monoisotopic (exact) mass is 219 g/mol. The first-order chi connectivity index (χ1) is 7.84. The van der Waals surface area contributed by atoms with Gasteiger partial charge in [-0.05, 0) is 35.5 Å². The van der Waals surface area contributed by atoms with Crippen molar-refractivity contribution in [2.24, 2.45) is 0 Å². The van der Waals surface area contributed by atoms with Crippen molar-refractivity contribution in [2.75, 3.05) is 25.0 Å². The first kappa shape index (κ1) is 9.46. The zero-order valence-electron chi connectivity index (χ0n) is 9.04. The van der Waals surface area contributed by atoms with Crippen LogP contribution in [0.4, 0.5) is 5.82 Å². The van der Waals surface area contributed by atoms with Crippen molar-refractivity contribution in [1.29, 1.82) is 0 Å². The molecule has 16 heavy (non-hydrogen) atoms. The van der Waals surface area contributed by atoms with Crippen LogP contribution in [0.5, 0.6) is 0 Å². The molecule has 7 heteroatoms. The maximum atomic E-state index is 4.36. The summed E-state index contributed by atoms with van der Waals surface area (Å²) in [6.07, 6.45) is 1.14. The van der Waals surface area contributed by atoms with Crippen LogP contribution in [0.15, 0.2) is 12.1 Å². The molecule has 1 aliphatic heterocycles. The van der Waals surface area contributed by atoms with E-state index in [1.807, 2.05) is 12.1 Å². The SMILES string of the molecule is CN(c1ccc2nnnn2n1)C1CCNC1. The number of aromatic nitrogens is 5. The molecule has 1 fully saturated rings. The maximum absolute atomic E-state index is 4.36. The van der Waals surface area contributed by atoms with Crippen molar-refractivity contribution in [1.82, 2.24) is 30.6 Å². The number of rotatable bonds is 2. The van der Waals surface area contributed by atoms with E-state index in [2.05, 4.69) is 37.9 Å². The second-order valence-electron chi connectivity index (χ2n) is 3.98. The van der Waals surface area contributed by atoms with Crippen molar-refractivity contribution >= 4 is 11.5 Å². The van der Waals surface area contributed by atoms with E-state index in [-0.39, 0.29) is 0 Å². The van der Waals surface area contributed by atoms with Crippen LogP contribution >= 0.6 is 0 Å². The van der Waals surface area contributed by atoms with Gasteiger partial charge in [0.1, 0.15) is 0 Å². The van der Waals surface area contributed by atoms with Gasteiger partial charge in [0.15, 0.2) is 11.5 Å². The van der Waals surface area contributed by atoms with E-state index in [4.69, 9.17) is 0 Å². The van der Waals surface area contributed by atoms with Gasteiger partial charge in [-0.25, -0.2) is 0 Å². The molecule has 84 valence electrons. The second-order valence-corrected chi connectivity index (χ2v) is 3.98. The quantitative estimate of drug-likeness (QED) is 0.721. The summed E-state index contributed by atoms with van der Waals surface area (Å²) in [7, 11) is 2.05. The molecule has 0 amide bonds. The third kappa shape index (κ3) is 1.49. The van der Waals surface area contributed by atoms with Gasteiger partial charge in [0.25, 0.3) is 0 Å². The fourth-order valence-corrected chi connectivity index (χ4v) is 1.99. The molecular formula is C9H13N7. The molecule has 3 rings (SSSR count). The summed E-state index contributed by atoms with van der Waals surface area (Å²) in [5.41, 5.74) is 0.668. The summed E-state index contributed by atoms with van der Waals surface area (Å²) in [6.45, 7) is 2.08. The van der Waals surface area contributed by atoms with E-state index in [9.17, 15) is 0 Å². The molecule has 3 heterocycles. The van der Waals surface area contributed by atoms with Crippen LogP contribution in [0, 0.1) is 0 Å². The number of nitrogens with one attached hydrogen (secondary N) is 1. The smallest absolute Gasteiger partial charge is 0.200 e. The summed E-state index contributed by atoms with van der Waals surface area (Å²) in [4.78, 5) is 2.17. The van der Waals surface area contributed by atoms with Crippen LogP contribution < -0.4 is 10.2 Å². The van der Waals surface area contributed by atoms with E-state index in [1.165, 1.54) is 4.63 Å². The molecule has 0 spiro atoms. The first-order valence-corrected chi connectivity index (χ1v) is 5.33. The molecule has 0 radical (unpaired) electrons. The number of nitrogens with zero attached hydrogens (tertiary/aromatic N) is 6. The number of tetrazole rings is 1. The summed E-state index contributed by atoms with van der Waals surface area (Å²) < 4.78 is 1.45. The van der Waals surface area contributed by atoms with Crippen molar-refractivity contribution in [3.63, 3.8) is 0 Å². The van der Waals surface area contributed by atoms with Gasteiger partial charge in [0.2, 0.25) is 0 Å². The minimum atomic E-state index is 0.501. The first-order valence-electron chi connectivity index (χ1n) is 5.33. The van der Waals surface area contributed by atoms with Gasteiger partial charge in [0.05, 0.1) is 0 Å². The van der Waals surface area contributed by atoms with E-state index in [0.29, 0.717) is 11.7 Å². The topological polar surface area (TPSA) is 71.2 Å². The lowest BCUT2D eigenvalue weighted by molar-refractivity contribution is 0.655. The normalized spacial score (nSPS) is 20.4. The lowest BCUT2D eigenvalue weighted by Crippen LogP contribution is -2.34. The van der Waals surface area contributed by atoms with Crippen LogP contribution in [0.25, 0.3) is 5.65 Å². The van der Waals surface area contributed by atoms with Gasteiger partial charge in [-0.15, -0.1) is 14.8 Å². The highest BCUT2D eigenvalue weighted by Crippen LogP contribution is 2.15. The van der Waals surface area contributed by atoms with Crippen molar-refractivity contribution < 1.29 is 0 Å². The van der Waals surface area contributed by atoms with Crippen molar-refractivity contribution in [3.8, 4) is 0 Å². The Morgan fingerprint density at radius 2 is 2.44 bits per heavy atom. The fraction of sp³-hybridized carbons (Fsp3) is 0.556. The summed E-state index contributed by atoms with van der Waals surface area (Å²) in [5, 5.41) is 18.9. The Balaban J connectivity index is 1.91. The summed E-state index contributed by atoms with van der Waals surface area (Å²) >= 11 is 0. The average Bonchev–Trinajstić information content (AvgIpc) is 2.98. The zero-order valence-corrected chi connectivity index (χ0v) is 9.04. The Bertz CT molecular complexity index is 487. The van der Waals surface area contributed by atoms with Gasteiger partial charge in [-0.3, -0.25) is 0 Å². The molecule has 2 aromatic heterocycles. The molecule has 1 atom stereocenters. The Morgan fingerprint density at radius 3 is 3.25 bits per heavy atom. The lowest BCUT2D eigenvalue weighted by atomic mass is 10.2. The minimum absolute atomic E-state index is 0.501. The lowest BCUT2D eigenvalue weighted by Gasteiger charge is -2.24. The zero-order chi connectivity index (χ0) is 11.0. The molecule has 0 aromatic carbocycles. The van der Waals surface area contributed by atoms with Gasteiger partial charge in [-0.2, -0.15) is 0 Å². The number of hydrogen-bond acceptors (Lipinski definition) is 6. The van der Waals surface area contributed by atoms with Crippen molar-refractivity contribution in [3.05, 3.63) is 12.1 Å². The molecule has 1 unspecified atom stereocenters. The molecule has 2 aromatic rings. The van der Waals surface area contributed by atoms with Gasteiger partial charge < -0.3 is 10.2 Å². The largest absolute Gasteiger partial charge is 0.354 e. The third-order valence-electron chi connectivity index (χ3n) is 3.00. The van der Waals surface area contributed by atoms with E-state index >= 15 is 0 Å². The Morgan fingerprint density at radius 1 is 1.50 bits per heavy atom. The van der Waals surface area contributed by atoms with Crippen LogP contribution in [-0.4, -0.2) is 51.4 Å². The Labute approximate surface area is 92.4 Å². The molecule has 1 saturated heterocycles. The third-order valence-corrected chi connectivity index (χ3v) is 3.00. The predicted octanol–water partition coefficient (Wildman–Crippen LogP) is -0.683. The van der Waals surface area contributed by atoms with Crippen molar-refractivity contribution in [2.45, 2.75) is 12.5 Å². The van der Waals surface area contributed by atoms with E-state index in [0.717, 1.165) is 25.3 Å². The molecular weight excluding hydrogens is 206 g/mol. The fourth-order valence-electron chi connectivity index (χ4n) is 1.99. The number of fused-ring (bicyclic) bond motifs is 1. The Hall–Kier alpha value is -1.76. The number of likely N-dealkylation sites (N-methyl/N-ethyl adjacent to an activating group) is 1. The van der Waals surface area contributed by atoms with Gasteiger partial charge >= 0.3 is 0 Å². The predicted molar refractivity (Wildman–Crippen MR) is 58.3 cm³/mol. The van der Waals surface area contributed by atoms with Gasteiger partial charge in [0, 0.05) is 19.6 Å². The summed E-state index contributed by atoms with van der Waals surface area (Å²) in [6, 6.07) is 4.33. The van der Waals surface area contributed by atoms with Crippen LogP contribution in [0.3, 0.4) is 0 Å². The van der Waals surface area contributed by atoms with Gasteiger partial charge in [-0.1, -0.05) is 0 Å². The molecule has 7 nitrogen and oxygen atoms in total. The number of anilines is 1. The van der Waals surface area contributed by atoms with E-state index < -0.39 is 0 Å². The number of hydrogen-bond donors (Lipinski definition) is 1. The highest BCUT2D eigenvalue weighted by molar-refractivity contribution is 5.44. The van der Waals surface area contributed by atoms with E-state index in [1.54, 1.807) is 0 Å². The molecule has 1 aliphatic rings. The average molecular weight is 219 g/mol. The van der Waals surface area contributed by atoms with Crippen LogP contribution in [0.1, 0.15) is 6.42 Å². The maximum Gasteiger partial charge on any atom is 0.200 e. The van der Waals surface area contributed by atoms with Crippen LogP contribution in [-0.2, 0) is 0 Å². The Kier molecular flexibility index (Phi) is 2.17. The molecule has 0 saturated carbocycles. The highest BCUT2D eigenvalue weighted by Gasteiger charge is 2.20. The second kappa shape index (κ2) is 3.67.